The Labute approximate surface area is 126 Å². The molecule has 0 aliphatic carbocycles. The predicted octanol–water partition coefficient (Wildman–Crippen LogP) is 4.34. The first-order valence-corrected chi connectivity index (χ1v) is 7.95. The molecule has 2 aromatic rings. The van der Waals surface area contributed by atoms with Gasteiger partial charge in [0, 0.05) is 20.7 Å². The van der Waals surface area contributed by atoms with Crippen molar-refractivity contribution in [2.24, 2.45) is 0 Å². The molecule has 0 fully saturated rings. The van der Waals surface area contributed by atoms with Crippen molar-refractivity contribution >= 4 is 39.1 Å². The van der Waals surface area contributed by atoms with Gasteiger partial charge in [-0.1, -0.05) is 28.1 Å². The molecule has 0 saturated carbocycles. The molecule has 0 bridgehead atoms. The molecule has 0 unspecified atom stereocenters. The molecular formula is C15H17BrN2S. The van der Waals surface area contributed by atoms with Crippen LogP contribution < -0.4 is 11.5 Å². The summed E-state index contributed by atoms with van der Waals surface area (Å²) in [6.07, 6.45) is 2.16. The molecule has 0 aliphatic heterocycles. The van der Waals surface area contributed by atoms with E-state index in [2.05, 4.69) is 28.1 Å². The Morgan fingerprint density at radius 1 is 1.05 bits per heavy atom. The number of benzene rings is 2. The molecule has 2 aromatic carbocycles. The van der Waals surface area contributed by atoms with Gasteiger partial charge in [0.1, 0.15) is 0 Å². The van der Waals surface area contributed by atoms with Gasteiger partial charge in [-0.05, 0) is 54.5 Å². The average molecular weight is 337 g/mol. The third kappa shape index (κ3) is 4.48. The number of rotatable bonds is 5. The maximum absolute atomic E-state index is 5.97. The van der Waals surface area contributed by atoms with Gasteiger partial charge in [0.25, 0.3) is 0 Å². The van der Waals surface area contributed by atoms with Crippen molar-refractivity contribution in [1.82, 2.24) is 0 Å². The van der Waals surface area contributed by atoms with Crippen LogP contribution in [0.4, 0.5) is 11.4 Å². The van der Waals surface area contributed by atoms with E-state index >= 15 is 0 Å². The first kappa shape index (κ1) is 14.3. The maximum Gasteiger partial charge on any atom is 0.0463 e. The van der Waals surface area contributed by atoms with Crippen molar-refractivity contribution < 1.29 is 0 Å². The molecule has 0 radical (unpaired) electrons. The van der Waals surface area contributed by atoms with Crippen LogP contribution in [-0.4, -0.2) is 5.75 Å². The highest BCUT2D eigenvalue weighted by molar-refractivity contribution is 9.10. The van der Waals surface area contributed by atoms with Crippen molar-refractivity contribution in [3.05, 3.63) is 52.5 Å². The molecule has 0 atom stereocenters. The van der Waals surface area contributed by atoms with Gasteiger partial charge in [0.15, 0.2) is 0 Å². The second kappa shape index (κ2) is 6.87. The Morgan fingerprint density at radius 3 is 2.63 bits per heavy atom. The van der Waals surface area contributed by atoms with Crippen LogP contribution in [-0.2, 0) is 6.42 Å². The lowest BCUT2D eigenvalue weighted by Gasteiger charge is -2.06. The van der Waals surface area contributed by atoms with Crippen molar-refractivity contribution in [2.75, 3.05) is 17.2 Å². The summed E-state index contributed by atoms with van der Waals surface area (Å²) in [6.45, 7) is 0. The van der Waals surface area contributed by atoms with Crippen LogP contribution in [0.1, 0.15) is 12.0 Å². The van der Waals surface area contributed by atoms with Gasteiger partial charge in [0.05, 0.1) is 0 Å². The molecular weight excluding hydrogens is 320 g/mol. The molecule has 100 valence electrons. The van der Waals surface area contributed by atoms with Crippen LogP contribution >= 0.6 is 27.7 Å². The van der Waals surface area contributed by atoms with E-state index in [9.17, 15) is 0 Å². The molecule has 0 heterocycles. The monoisotopic (exact) mass is 336 g/mol. The Hall–Kier alpha value is -1.13. The van der Waals surface area contributed by atoms with Crippen LogP contribution in [0.3, 0.4) is 0 Å². The minimum Gasteiger partial charge on any atom is -0.399 e. The molecule has 0 saturated heterocycles. The molecule has 2 nitrogen and oxygen atoms in total. The average Bonchev–Trinajstić information content (AvgIpc) is 2.37. The minimum atomic E-state index is 0.835. The summed E-state index contributed by atoms with van der Waals surface area (Å²) in [6, 6.07) is 14.1. The highest BCUT2D eigenvalue weighted by atomic mass is 79.9. The van der Waals surface area contributed by atoms with E-state index in [4.69, 9.17) is 11.5 Å². The van der Waals surface area contributed by atoms with Gasteiger partial charge in [-0.15, -0.1) is 11.8 Å². The van der Waals surface area contributed by atoms with Crippen LogP contribution in [0, 0.1) is 0 Å². The Balaban J connectivity index is 1.81. The minimum absolute atomic E-state index is 0.835. The van der Waals surface area contributed by atoms with Crippen LogP contribution in [0.2, 0.25) is 0 Å². The number of nitrogens with two attached hydrogens (primary N) is 2. The molecule has 0 spiro atoms. The number of hydrogen-bond acceptors (Lipinski definition) is 3. The lowest BCUT2D eigenvalue weighted by molar-refractivity contribution is 0.933. The molecule has 0 amide bonds. The van der Waals surface area contributed by atoms with Crippen molar-refractivity contribution in [3.63, 3.8) is 0 Å². The van der Waals surface area contributed by atoms with E-state index in [0.717, 1.165) is 39.3 Å². The molecule has 19 heavy (non-hydrogen) atoms. The van der Waals surface area contributed by atoms with Crippen molar-refractivity contribution in [1.29, 1.82) is 0 Å². The first-order valence-electron chi connectivity index (χ1n) is 6.17. The topological polar surface area (TPSA) is 52.0 Å². The smallest absolute Gasteiger partial charge is 0.0463 e. The molecule has 2 rings (SSSR count). The van der Waals surface area contributed by atoms with Gasteiger partial charge in [-0.2, -0.15) is 0 Å². The Bertz CT molecular complexity index is 558. The van der Waals surface area contributed by atoms with Crippen molar-refractivity contribution in [2.45, 2.75) is 17.7 Å². The van der Waals surface area contributed by atoms with E-state index < -0.39 is 0 Å². The first-order chi connectivity index (χ1) is 9.15. The van der Waals surface area contributed by atoms with Crippen LogP contribution in [0.5, 0.6) is 0 Å². The second-order valence-electron chi connectivity index (χ2n) is 4.38. The molecule has 0 aliphatic rings. The third-order valence-corrected chi connectivity index (χ3v) is 4.46. The van der Waals surface area contributed by atoms with Gasteiger partial charge in [-0.25, -0.2) is 0 Å². The highest BCUT2D eigenvalue weighted by Gasteiger charge is 2.01. The summed E-state index contributed by atoms with van der Waals surface area (Å²) in [4.78, 5) is 1.15. The standard InChI is InChI=1S/C15H17BrN2S/c16-12-6-7-15(14(18)10-12)19-8-2-4-11-3-1-5-13(17)9-11/h1,3,5-7,9-10H,2,4,8,17-18H2. The normalized spacial score (nSPS) is 10.6. The number of halogens is 1. The Kier molecular flexibility index (Phi) is 5.16. The lowest BCUT2D eigenvalue weighted by atomic mass is 10.1. The van der Waals surface area contributed by atoms with Crippen LogP contribution in [0.25, 0.3) is 0 Å². The number of thioether (sulfide) groups is 1. The zero-order valence-corrected chi connectivity index (χ0v) is 13.0. The molecule has 0 aromatic heterocycles. The summed E-state index contributed by atoms with van der Waals surface area (Å²) in [5.41, 5.74) is 14.7. The summed E-state index contributed by atoms with van der Waals surface area (Å²) in [5.74, 6) is 1.06. The van der Waals surface area contributed by atoms with E-state index in [1.165, 1.54) is 5.56 Å². The fraction of sp³-hybridized carbons (Fsp3) is 0.200. The van der Waals surface area contributed by atoms with Gasteiger partial charge in [-0.3, -0.25) is 0 Å². The van der Waals surface area contributed by atoms with Crippen LogP contribution in [0.15, 0.2) is 51.8 Å². The zero-order valence-electron chi connectivity index (χ0n) is 10.6. The second-order valence-corrected chi connectivity index (χ2v) is 6.43. The SMILES string of the molecule is Nc1cccc(CCCSc2ccc(Br)cc2N)c1. The highest BCUT2D eigenvalue weighted by Crippen LogP contribution is 2.28. The number of hydrogen-bond donors (Lipinski definition) is 2. The van der Waals surface area contributed by atoms with Gasteiger partial charge < -0.3 is 11.5 Å². The van der Waals surface area contributed by atoms with E-state index in [-0.39, 0.29) is 0 Å². The summed E-state index contributed by atoms with van der Waals surface area (Å²) in [7, 11) is 0. The molecule has 4 N–H and O–H groups in total. The molecule has 4 heteroatoms. The van der Waals surface area contributed by atoms with E-state index in [1.807, 2.05) is 30.3 Å². The third-order valence-electron chi connectivity index (χ3n) is 2.79. The fourth-order valence-electron chi connectivity index (χ4n) is 1.86. The maximum atomic E-state index is 5.97. The van der Waals surface area contributed by atoms with E-state index in [1.54, 1.807) is 11.8 Å². The summed E-state index contributed by atoms with van der Waals surface area (Å²) < 4.78 is 1.02. The summed E-state index contributed by atoms with van der Waals surface area (Å²) >= 11 is 5.22. The van der Waals surface area contributed by atoms with Gasteiger partial charge >= 0.3 is 0 Å². The Morgan fingerprint density at radius 2 is 1.89 bits per heavy atom. The quantitative estimate of drug-likeness (QED) is 0.485. The lowest BCUT2D eigenvalue weighted by Crippen LogP contribution is -1.92. The predicted molar refractivity (Wildman–Crippen MR) is 88.5 cm³/mol. The number of anilines is 2. The zero-order chi connectivity index (χ0) is 13.7. The van der Waals surface area contributed by atoms with Gasteiger partial charge in [0.2, 0.25) is 0 Å². The number of nitrogen functional groups attached to an aromatic ring is 2. The summed E-state index contributed by atoms with van der Waals surface area (Å²) in [5, 5.41) is 0. The fourth-order valence-corrected chi connectivity index (χ4v) is 3.14. The largest absolute Gasteiger partial charge is 0.399 e. The van der Waals surface area contributed by atoms with E-state index in [0.29, 0.717) is 0 Å². The van der Waals surface area contributed by atoms with Crippen molar-refractivity contribution in [3.8, 4) is 0 Å². The number of aryl methyl sites for hydroxylation is 1.